The van der Waals surface area contributed by atoms with E-state index in [0.717, 1.165) is 19.3 Å². The first-order valence-corrected chi connectivity index (χ1v) is 11.3. The van der Waals surface area contributed by atoms with Gasteiger partial charge in [0.15, 0.2) is 10.8 Å². The third-order valence-electron chi connectivity index (χ3n) is 4.83. The topological polar surface area (TPSA) is 95.2 Å². The van der Waals surface area contributed by atoms with Crippen LogP contribution in [-0.4, -0.2) is 5.25 Å². The lowest BCUT2D eigenvalue weighted by Crippen LogP contribution is -2.53. The van der Waals surface area contributed by atoms with Crippen molar-refractivity contribution in [2.24, 2.45) is 16.7 Å². The second kappa shape index (κ2) is 7.20. The molecule has 8 heteroatoms. The minimum atomic E-state index is -1.78. The molecule has 129 valence electrons. The summed E-state index contributed by atoms with van der Waals surface area (Å²) in [6.07, 6.45) is 9.26. The molecule has 2 aliphatic heterocycles. The third kappa shape index (κ3) is 2.59. The van der Waals surface area contributed by atoms with Crippen LogP contribution in [0.1, 0.15) is 0 Å². The molecule has 2 heterocycles. The Bertz CT molecular complexity index is 893. The summed E-state index contributed by atoms with van der Waals surface area (Å²) in [4.78, 5) is 0.881. The molecule has 0 amide bonds. The van der Waals surface area contributed by atoms with Gasteiger partial charge in [-0.15, -0.1) is 11.8 Å². The van der Waals surface area contributed by atoms with E-state index in [4.69, 9.17) is 0 Å². The maximum Gasteiger partial charge on any atom is 0.192 e. The van der Waals surface area contributed by atoms with E-state index in [1.54, 1.807) is 35.3 Å². The summed E-state index contributed by atoms with van der Waals surface area (Å²) in [5, 5.41) is 43.7. The van der Waals surface area contributed by atoms with Crippen molar-refractivity contribution in [3.8, 4) is 24.3 Å². The van der Waals surface area contributed by atoms with Gasteiger partial charge in [0.2, 0.25) is 0 Å². The van der Waals surface area contributed by atoms with E-state index in [1.165, 1.54) is 11.8 Å². The lowest BCUT2D eigenvalue weighted by Gasteiger charge is -2.44. The van der Waals surface area contributed by atoms with Crippen molar-refractivity contribution in [2.75, 3.05) is 0 Å². The molecule has 4 rings (SSSR count). The first-order chi connectivity index (χ1) is 13.2. The van der Waals surface area contributed by atoms with Gasteiger partial charge in [0, 0.05) is 10.8 Å². The number of thioether (sulfide) groups is 4. The molecule has 2 aliphatic carbocycles. The Morgan fingerprint density at radius 1 is 0.815 bits per heavy atom. The number of fused-ring (bicyclic) bond motifs is 1. The Balaban J connectivity index is 1.89. The van der Waals surface area contributed by atoms with Gasteiger partial charge in [0.05, 0.1) is 38.0 Å². The monoisotopic (exact) mass is 421 g/mol. The number of rotatable bonds is 1. The SMILES string of the molecule is N#CC1(C#N)[C@@H]([C]2[CH][CH][CH][CH]2)C=C2SC(=C3SC=CS3)S[C@H]2C1(C#N)C#N. The molecule has 0 aromatic carbocycles. The van der Waals surface area contributed by atoms with Gasteiger partial charge in [-0.1, -0.05) is 41.4 Å². The Morgan fingerprint density at radius 2 is 1.41 bits per heavy atom. The number of nitriles is 4. The van der Waals surface area contributed by atoms with Gasteiger partial charge in [0.25, 0.3) is 0 Å². The molecule has 5 radical (unpaired) electrons. The van der Waals surface area contributed by atoms with Crippen molar-refractivity contribution in [3.05, 3.63) is 61.9 Å². The van der Waals surface area contributed by atoms with Crippen molar-refractivity contribution in [3.63, 3.8) is 0 Å². The molecular weight excluding hydrogens is 413 g/mol. The van der Waals surface area contributed by atoms with E-state index in [1.807, 2.05) is 42.6 Å². The van der Waals surface area contributed by atoms with Gasteiger partial charge >= 0.3 is 0 Å². The van der Waals surface area contributed by atoms with Gasteiger partial charge in [0.1, 0.15) is 0 Å². The van der Waals surface area contributed by atoms with E-state index in [9.17, 15) is 21.0 Å². The molecule has 0 N–H and O–H groups in total. The highest BCUT2D eigenvalue weighted by Crippen LogP contribution is 2.68. The quantitative estimate of drug-likeness (QED) is 0.590. The fourth-order valence-corrected chi connectivity index (χ4v) is 8.88. The van der Waals surface area contributed by atoms with Crippen molar-refractivity contribution >= 4 is 47.0 Å². The summed E-state index contributed by atoms with van der Waals surface area (Å²) in [5.41, 5.74) is -3.54. The third-order valence-corrected chi connectivity index (χ3v) is 10.4. The highest BCUT2D eigenvalue weighted by molar-refractivity contribution is 8.33. The molecule has 2 atom stereocenters. The molecule has 0 bridgehead atoms. The Hall–Kier alpha value is -1.42. The standard InChI is InChI=1S/C19H9N4S4/c20-8-18(9-21)13(12-3-1-2-4-12)7-14-15(19(18,10-22)11-23)27-17(26-14)16-24-5-6-25-16/h1-7,13,15H/t13-,15-/m1/s1. The molecule has 0 spiro atoms. The second-order valence-corrected chi connectivity index (χ2v) is 10.6. The molecule has 27 heavy (non-hydrogen) atoms. The first kappa shape index (κ1) is 18.9. The van der Waals surface area contributed by atoms with Crippen molar-refractivity contribution in [2.45, 2.75) is 5.25 Å². The van der Waals surface area contributed by atoms with Crippen LogP contribution in [-0.2, 0) is 0 Å². The van der Waals surface area contributed by atoms with Crippen LogP contribution in [0, 0.1) is 93.7 Å². The first-order valence-electron chi connectivity index (χ1n) is 7.81. The van der Waals surface area contributed by atoms with Crippen LogP contribution in [0.25, 0.3) is 0 Å². The summed E-state index contributed by atoms with van der Waals surface area (Å²) in [5.74, 6) is 0.143. The van der Waals surface area contributed by atoms with Gasteiger partial charge in [-0.05, 0) is 42.4 Å². The predicted octanol–water partition coefficient (Wildman–Crippen LogP) is 4.90. The molecule has 0 unspecified atom stereocenters. The average Bonchev–Trinajstić information content (AvgIpc) is 3.46. The molecule has 0 aromatic rings. The zero-order valence-corrected chi connectivity index (χ0v) is 16.9. The van der Waals surface area contributed by atoms with Gasteiger partial charge < -0.3 is 0 Å². The van der Waals surface area contributed by atoms with Crippen molar-refractivity contribution < 1.29 is 0 Å². The minimum Gasteiger partial charge on any atom is -0.196 e. The van der Waals surface area contributed by atoms with E-state index >= 15 is 0 Å². The fourth-order valence-electron chi connectivity index (χ4n) is 3.51. The molecule has 0 aromatic heterocycles. The number of hydrogen-bond acceptors (Lipinski definition) is 8. The Labute approximate surface area is 175 Å². The van der Waals surface area contributed by atoms with E-state index in [0.29, 0.717) is 0 Å². The summed E-state index contributed by atoms with van der Waals surface area (Å²) >= 11 is 6.19. The number of hydrogen-bond donors (Lipinski definition) is 0. The summed E-state index contributed by atoms with van der Waals surface area (Å²) in [7, 11) is 0. The normalized spacial score (nSPS) is 30.7. The number of nitrogens with zero attached hydrogens (tertiary/aromatic N) is 4. The lowest BCUT2D eigenvalue weighted by atomic mass is 9.53. The highest BCUT2D eigenvalue weighted by Gasteiger charge is 2.68. The molecule has 1 saturated heterocycles. The Kier molecular flexibility index (Phi) is 5.04. The molecule has 4 aliphatic rings. The van der Waals surface area contributed by atoms with Crippen LogP contribution >= 0.6 is 47.0 Å². The zero-order valence-electron chi connectivity index (χ0n) is 13.6. The van der Waals surface area contributed by atoms with E-state index in [2.05, 4.69) is 24.3 Å². The van der Waals surface area contributed by atoms with E-state index < -0.39 is 22.0 Å². The largest absolute Gasteiger partial charge is 0.196 e. The molecule has 4 nitrogen and oxygen atoms in total. The highest BCUT2D eigenvalue weighted by atomic mass is 32.2. The van der Waals surface area contributed by atoms with Crippen LogP contribution in [0.3, 0.4) is 0 Å². The van der Waals surface area contributed by atoms with Crippen LogP contribution in [0.2, 0.25) is 0 Å². The molecular formula is C19H9N4S4. The maximum absolute atomic E-state index is 10.1. The van der Waals surface area contributed by atoms with E-state index in [-0.39, 0.29) is 0 Å². The molecule has 1 saturated carbocycles. The predicted molar refractivity (Wildman–Crippen MR) is 110 cm³/mol. The average molecular weight is 422 g/mol. The van der Waals surface area contributed by atoms with Gasteiger partial charge in [-0.25, -0.2) is 0 Å². The lowest BCUT2D eigenvalue weighted by molar-refractivity contribution is 0.230. The minimum absolute atomic E-state index is 0.549. The molecule has 2 fully saturated rings. The van der Waals surface area contributed by atoms with Crippen LogP contribution < -0.4 is 0 Å². The second-order valence-electron chi connectivity index (χ2n) is 6.01. The van der Waals surface area contributed by atoms with Crippen LogP contribution in [0.15, 0.2) is 30.3 Å². The fraction of sp³-hybridized carbons (Fsp3) is 0.211. The van der Waals surface area contributed by atoms with Gasteiger partial charge in [-0.3, -0.25) is 0 Å². The van der Waals surface area contributed by atoms with Crippen molar-refractivity contribution in [1.29, 1.82) is 21.0 Å². The maximum atomic E-state index is 10.1. The number of allylic oxidation sites excluding steroid dienone is 1. The Morgan fingerprint density at radius 3 is 1.96 bits per heavy atom. The summed E-state index contributed by atoms with van der Waals surface area (Å²) in [6.45, 7) is 0. The van der Waals surface area contributed by atoms with Gasteiger partial charge in [-0.2, -0.15) is 21.0 Å². The zero-order chi connectivity index (χ0) is 19.1. The summed E-state index contributed by atoms with van der Waals surface area (Å²) in [6, 6.07) is 8.37. The van der Waals surface area contributed by atoms with Crippen molar-refractivity contribution in [1.82, 2.24) is 0 Å². The summed E-state index contributed by atoms with van der Waals surface area (Å²) < 4.78 is 2.13. The van der Waals surface area contributed by atoms with Crippen LogP contribution in [0.5, 0.6) is 0 Å². The smallest absolute Gasteiger partial charge is 0.192 e. The van der Waals surface area contributed by atoms with Crippen LogP contribution in [0.4, 0.5) is 0 Å².